The lowest BCUT2D eigenvalue weighted by molar-refractivity contribution is 0.369. The van der Waals surface area contributed by atoms with E-state index in [0.29, 0.717) is 24.3 Å². The van der Waals surface area contributed by atoms with Crippen LogP contribution < -0.4 is 10.9 Å². The summed E-state index contributed by atoms with van der Waals surface area (Å²) in [5, 5.41) is 7.71. The summed E-state index contributed by atoms with van der Waals surface area (Å²) < 4.78 is 5.11. The Bertz CT molecular complexity index is 846. The van der Waals surface area contributed by atoms with E-state index < -0.39 is 0 Å². The number of H-pyrrole nitrogens is 1. The summed E-state index contributed by atoms with van der Waals surface area (Å²) in [7, 11) is 0. The molecule has 0 amide bonds. The number of aromatic amines is 1. The van der Waals surface area contributed by atoms with Gasteiger partial charge in [-0.25, -0.2) is 4.98 Å². The first kappa shape index (κ1) is 14.0. The Labute approximate surface area is 125 Å². The van der Waals surface area contributed by atoms with E-state index in [1.54, 1.807) is 11.3 Å². The highest BCUT2D eigenvalue weighted by Gasteiger charge is 2.11. The normalized spacial score (nSPS) is 11.4. The van der Waals surface area contributed by atoms with Crippen molar-refractivity contribution < 1.29 is 4.52 Å². The molecule has 0 saturated carbocycles. The predicted molar refractivity (Wildman–Crippen MR) is 81.5 cm³/mol. The van der Waals surface area contributed by atoms with Gasteiger partial charge in [0.1, 0.15) is 10.7 Å². The van der Waals surface area contributed by atoms with Crippen LogP contribution in [-0.2, 0) is 13.1 Å². The molecule has 0 saturated heterocycles. The molecule has 0 aliphatic rings. The third-order valence-electron chi connectivity index (χ3n) is 3.36. The quantitative estimate of drug-likeness (QED) is 0.772. The maximum atomic E-state index is 12.1. The smallest absolute Gasteiger partial charge is 0.259 e. The van der Waals surface area contributed by atoms with Crippen LogP contribution in [-0.4, -0.2) is 15.1 Å². The highest BCUT2D eigenvalue weighted by molar-refractivity contribution is 7.18. The van der Waals surface area contributed by atoms with E-state index in [0.717, 1.165) is 26.7 Å². The lowest BCUT2D eigenvalue weighted by Crippen LogP contribution is -2.18. The fourth-order valence-corrected chi connectivity index (χ4v) is 3.24. The van der Waals surface area contributed by atoms with Gasteiger partial charge in [0, 0.05) is 10.9 Å². The standard InChI is InChI=1S/C14H16N4O2S/c1-7-4-10(20-18-7)5-15-6-11-16-13(19)12-8(2)9(3)21-14(12)17-11/h4,15H,5-6H2,1-3H3,(H,16,17,19). The third kappa shape index (κ3) is 2.74. The van der Waals surface area contributed by atoms with Crippen LogP contribution in [0.5, 0.6) is 0 Å². The second-order valence-electron chi connectivity index (χ2n) is 5.01. The number of aryl methyl sites for hydroxylation is 3. The zero-order valence-electron chi connectivity index (χ0n) is 12.1. The van der Waals surface area contributed by atoms with Gasteiger partial charge in [0.15, 0.2) is 5.76 Å². The molecule has 21 heavy (non-hydrogen) atoms. The van der Waals surface area contributed by atoms with Gasteiger partial charge >= 0.3 is 0 Å². The number of rotatable bonds is 4. The van der Waals surface area contributed by atoms with E-state index >= 15 is 0 Å². The van der Waals surface area contributed by atoms with Crippen LogP contribution in [0.2, 0.25) is 0 Å². The molecule has 0 atom stereocenters. The molecule has 0 bridgehead atoms. The van der Waals surface area contributed by atoms with Crippen LogP contribution in [0.25, 0.3) is 10.2 Å². The largest absolute Gasteiger partial charge is 0.360 e. The molecule has 110 valence electrons. The van der Waals surface area contributed by atoms with Crippen LogP contribution in [0.1, 0.15) is 27.7 Å². The minimum atomic E-state index is -0.0749. The van der Waals surface area contributed by atoms with E-state index in [-0.39, 0.29) is 5.56 Å². The lowest BCUT2D eigenvalue weighted by atomic mass is 10.2. The van der Waals surface area contributed by atoms with Gasteiger partial charge in [0.25, 0.3) is 5.56 Å². The second-order valence-corrected chi connectivity index (χ2v) is 6.22. The molecule has 7 heteroatoms. The van der Waals surface area contributed by atoms with Gasteiger partial charge in [0.2, 0.25) is 0 Å². The Hall–Kier alpha value is -1.99. The molecule has 3 aromatic rings. The average Bonchev–Trinajstić information content (AvgIpc) is 2.95. The zero-order chi connectivity index (χ0) is 15.0. The molecule has 0 aromatic carbocycles. The van der Waals surface area contributed by atoms with Gasteiger partial charge in [-0.15, -0.1) is 11.3 Å². The first-order valence-corrected chi connectivity index (χ1v) is 7.48. The molecule has 0 aliphatic carbocycles. The molecule has 0 radical (unpaired) electrons. The zero-order valence-corrected chi connectivity index (χ0v) is 12.9. The lowest BCUT2D eigenvalue weighted by Gasteiger charge is -2.02. The highest BCUT2D eigenvalue weighted by Crippen LogP contribution is 2.25. The van der Waals surface area contributed by atoms with Crippen molar-refractivity contribution >= 4 is 21.6 Å². The molecule has 3 aromatic heterocycles. The number of thiophene rings is 1. The van der Waals surface area contributed by atoms with E-state index in [1.165, 1.54) is 0 Å². The Balaban J connectivity index is 1.77. The fraction of sp³-hybridized carbons (Fsp3) is 0.357. The molecule has 0 aliphatic heterocycles. The maximum absolute atomic E-state index is 12.1. The van der Waals surface area contributed by atoms with Gasteiger partial charge in [-0.1, -0.05) is 5.16 Å². The molecular formula is C14H16N4O2S. The summed E-state index contributed by atoms with van der Waals surface area (Å²) in [6.07, 6.45) is 0. The molecule has 6 nitrogen and oxygen atoms in total. The fourth-order valence-electron chi connectivity index (χ4n) is 2.19. The Morgan fingerprint density at radius 2 is 2.14 bits per heavy atom. The highest BCUT2D eigenvalue weighted by atomic mass is 32.1. The Morgan fingerprint density at radius 1 is 1.33 bits per heavy atom. The summed E-state index contributed by atoms with van der Waals surface area (Å²) in [5.41, 5.74) is 1.79. The van der Waals surface area contributed by atoms with Crippen molar-refractivity contribution in [3.63, 3.8) is 0 Å². The number of nitrogens with zero attached hydrogens (tertiary/aromatic N) is 2. The topological polar surface area (TPSA) is 83.8 Å². The summed E-state index contributed by atoms with van der Waals surface area (Å²) in [6, 6.07) is 1.87. The average molecular weight is 304 g/mol. The van der Waals surface area contributed by atoms with Gasteiger partial charge in [0.05, 0.1) is 24.2 Å². The van der Waals surface area contributed by atoms with E-state index in [9.17, 15) is 4.79 Å². The van der Waals surface area contributed by atoms with Gasteiger partial charge in [-0.2, -0.15) is 0 Å². The molecule has 3 rings (SSSR count). The van der Waals surface area contributed by atoms with Gasteiger partial charge in [-0.3, -0.25) is 4.79 Å². The number of hydrogen-bond acceptors (Lipinski definition) is 6. The van der Waals surface area contributed by atoms with E-state index in [4.69, 9.17) is 4.52 Å². The van der Waals surface area contributed by atoms with Gasteiger partial charge < -0.3 is 14.8 Å². The third-order valence-corrected chi connectivity index (χ3v) is 4.46. The number of aromatic nitrogens is 3. The van der Waals surface area contributed by atoms with Crippen molar-refractivity contribution in [2.75, 3.05) is 0 Å². The summed E-state index contributed by atoms with van der Waals surface area (Å²) in [6.45, 7) is 6.86. The summed E-state index contributed by atoms with van der Waals surface area (Å²) in [4.78, 5) is 21.4. The second kappa shape index (κ2) is 5.42. The predicted octanol–water partition coefficient (Wildman–Crippen LogP) is 2.19. The van der Waals surface area contributed by atoms with Gasteiger partial charge in [-0.05, 0) is 26.3 Å². The maximum Gasteiger partial charge on any atom is 0.259 e. The molecule has 0 fully saturated rings. The monoisotopic (exact) mass is 304 g/mol. The molecule has 0 spiro atoms. The number of hydrogen-bond donors (Lipinski definition) is 2. The molecule has 2 N–H and O–H groups in total. The molecular weight excluding hydrogens is 288 g/mol. The molecule has 0 unspecified atom stereocenters. The minimum Gasteiger partial charge on any atom is -0.360 e. The van der Waals surface area contributed by atoms with Crippen LogP contribution >= 0.6 is 11.3 Å². The Morgan fingerprint density at radius 3 is 2.86 bits per heavy atom. The van der Waals surface area contributed by atoms with Crippen molar-refractivity contribution in [1.82, 2.24) is 20.4 Å². The first-order chi connectivity index (χ1) is 10.0. The summed E-state index contributed by atoms with van der Waals surface area (Å²) >= 11 is 1.55. The molecule has 3 heterocycles. The number of nitrogens with one attached hydrogen (secondary N) is 2. The van der Waals surface area contributed by atoms with Crippen molar-refractivity contribution in [3.8, 4) is 0 Å². The van der Waals surface area contributed by atoms with Crippen LogP contribution in [0.4, 0.5) is 0 Å². The summed E-state index contributed by atoms with van der Waals surface area (Å²) in [5.74, 6) is 1.39. The number of fused-ring (bicyclic) bond motifs is 1. The van der Waals surface area contributed by atoms with Crippen LogP contribution in [0.3, 0.4) is 0 Å². The van der Waals surface area contributed by atoms with E-state index in [2.05, 4.69) is 20.4 Å². The SMILES string of the molecule is Cc1cc(CNCc2nc3sc(C)c(C)c3c(=O)[nH]2)on1. The van der Waals surface area contributed by atoms with Crippen LogP contribution in [0.15, 0.2) is 15.4 Å². The van der Waals surface area contributed by atoms with Crippen molar-refractivity contribution in [1.29, 1.82) is 0 Å². The first-order valence-electron chi connectivity index (χ1n) is 6.66. The van der Waals surface area contributed by atoms with Crippen LogP contribution in [0, 0.1) is 20.8 Å². The van der Waals surface area contributed by atoms with Crippen molar-refractivity contribution in [2.24, 2.45) is 0 Å². The minimum absolute atomic E-state index is 0.0749. The van der Waals surface area contributed by atoms with Crippen molar-refractivity contribution in [3.05, 3.63) is 44.1 Å². The van der Waals surface area contributed by atoms with Crippen molar-refractivity contribution in [2.45, 2.75) is 33.9 Å². The van der Waals surface area contributed by atoms with E-state index in [1.807, 2.05) is 26.8 Å². The Kier molecular flexibility index (Phi) is 3.60.